The lowest BCUT2D eigenvalue weighted by Gasteiger charge is -2.09. The maximum absolute atomic E-state index is 12.2. The molecular weight excluding hydrogens is 344 g/mol. The van der Waals surface area contributed by atoms with E-state index in [9.17, 15) is 18.3 Å². The lowest BCUT2D eigenvalue weighted by Crippen LogP contribution is -2.34. The number of amides is 1. The maximum Gasteiger partial charge on any atom is 0.255 e. The van der Waals surface area contributed by atoms with E-state index in [1.54, 1.807) is 24.3 Å². The van der Waals surface area contributed by atoms with Crippen LogP contribution < -0.4 is 14.8 Å². The Morgan fingerprint density at radius 3 is 2.40 bits per heavy atom. The number of rotatable bonds is 8. The van der Waals surface area contributed by atoms with E-state index in [-0.39, 0.29) is 29.3 Å². The summed E-state index contributed by atoms with van der Waals surface area (Å²) in [6.45, 7) is 2.45. The van der Waals surface area contributed by atoms with Crippen molar-refractivity contribution in [3.63, 3.8) is 0 Å². The van der Waals surface area contributed by atoms with Crippen molar-refractivity contribution >= 4 is 15.9 Å². The molecule has 0 aliphatic heterocycles. The van der Waals surface area contributed by atoms with Crippen LogP contribution in [0.1, 0.15) is 17.3 Å². The number of sulfonamides is 1. The fourth-order valence-electron chi connectivity index (χ4n) is 2.09. The fourth-order valence-corrected chi connectivity index (χ4v) is 3.12. The molecule has 0 bridgehead atoms. The molecule has 25 heavy (non-hydrogen) atoms. The molecule has 0 heterocycles. The first-order valence-electron chi connectivity index (χ1n) is 7.73. The van der Waals surface area contributed by atoms with Gasteiger partial charge in [0.05, 0.1) is 17.1 Å². The SMILES string of the molecule is CCOc1ccc(S(=O)(=O)NCCNC(=O)c2ccccc2O)cc1. The molecule has 2 aromatic carbocycles. The summed E-state index contributed by atoms with van der Waals surface area (Å²) in [5.74, 6) is -0.00952. The molecule has 1 amide bonds. The summed E-state index contributed by atoms with van der Waals surface area (Å²) < 4.78 is 32.0. The third-order valence-corrected chi connectivity index (χ3v) is 4.77. The molecule has 7 nitrogen and oxygen atoms in total. The quantitative estimate of drug-likeness (QED) is 0.616. The van der Waals surface area contributed by atoms with Crippen molar-refractivity contribution in [3.8, 4) is 11.5 Å². The molecule has 0 saturated carbocycles. The van der Waals surface area contributed by atoms with E-state index in [2.05, 4.69) is 10.0 Å². The smallest absolute Gasteiger partial charge is 0.255 e. The molecule has 3 N–H and O–H groups in total. The summed E-state index contributed by atoms with van der Waals surface area (Å²) in [6, 6.07) is 12.2. The van der Waals surface area contributed by atoms with Crippen molar-refractivity contribution < 1.29 is 23.1 Å². The topological polar surface area (TPSA) is 105 Å². The van der Waals surface area contributed by atoms with Crippen LogP contribution in [0.2, 0.25) is 0 Å². The normalized spacial score (nSPS) is 11.1. The first-order chi connectivity index (χ1) is 11.9. The van der Waals surface area contributed by atoms with Gasteiger partial charge in [0.15, 0.2) is 0 Å². The van der Waals surface area contributed by atoms with Crippen molar-refractivity contribution in [3.05, 3.63) is 54.1 Å². The number of carbonyl (C=O) groups is 1. The van der Waals surface area contributed by atoms with Gasteiger partial charge in [0, 0.05) is 13.1 Å². The van der Waals surface area contributed by atoms with Crippen LogP contribution in [0.15, 0.2) is 53.4 Å². The third-order valence-electron chi connectivity index (χ3n) is 3.30. The Kier molecular flexibility index (Phi) is 6.37. The average molecular weight is 364 g/mol. The second-order valence-electron chi connectivity index (χ2n) is 5.08. The minimum absolute atomic E-state index is 0.0227. The van der Waals surface area contributed by atoms with Crippen molar-refractivity contribution in [2.24, 2.45) is 0 Å². The van der Waals surface area contributed by atoms with Crippen molar-refractivity contribution in [1.82, 2.24) is 10.0 Å². The highest BCUT2D eigenvalue weighted by molar-refractivity contribution is 7.89. The van der Waals surface area contributed by atoms with Gasteiger partial charge >= 0.3 is 0 Å². The average Bonchev–Trinajstić information content (AvgIpc) is 2.60. The van der Waals surface area contributed by atoms with Crippen LogP contribution >= 0.6 is 0 Å². The first-order valence-corrected chi connectivity index (χ1v) is 9.21. The molecule has 0 aliphatic rings. The van der Waals surface area contributed by atoms with E-state index in [0.29, 0.717) is 12.4 Å². The van der Waals surface area contributed by atoms with E-state index in [1.807, 2.05) is 6.92 Å². The molecule has 0 radical (unpaired) electrons. The van der Waals surface area contributed by atoms with E-state index in [0.717, 1.165) is 0 Å². The molecule has 8 heteroatoms. The van der Waals surface area contributed by atoms with Crippen LogP contribution in [-0.4, -0.2) is 39.1 Å². The zero-order chi connectivity index (χ0) is 18.3. The standard InChI is InChI=1S/C17H20N2O5S/c1-2-24-13-7-9-14(10-8-13)25(22,23)19-12-11-18-17(21)15-5-3-4-6-16(15)20/h3-10,19-20H,2,11-12H2,1H3,(H,18,21). The highest BCUT2D eigenvalue weighted by Gasteiger charge is 2.14. The van der Waals surface area contributed by atoms with E-state index in [1.165, 1.54) is 24.3 Å². The second-order valence-corrected chi connectivity index (χ2v) is 6.84. The van der Waals surface area contributed by atoms with Gasteiger partial charge in [-0.1, -0.05) is 12.1 Å². The Morgan fingerprint density at radius 2 is 1.76 bits per heavy atom. The Bertz CT molecular complexity index is 819. The van der Waals surface area contributed by atoms with E-state index >= 15 is 0 Å². The molecule has 2 aromatic rings. The summed E-state index contributed by atoms with van der Waals surface area (Å²) in [5, 5.41) is 12.1. The summed E-state index contributed by atoms with van der Waals surface area (Å²) in [7, 11) is -3.67. The van der Waals surface area contributed by atoms with Gasteiger partial charge in [-0.25, -0.2) is 13.1 Å². The number of nitrogens with one attached hydrogen (secondary N) is 2. The van der Waals surface area contributed by atoms with Crippen molar-refractivity contribution in [2.45, 2.75) is 11.8 Å². The summed E-state index contributed by atoms with van der Waals surface area (Å²) in [6.07, 6.45) is 0. The number of phenolic OH excluding ortho intramolecular Hbond substituents is 1. The van der Waals surface area contributed by atoms with Gasteiger partial charge in [0.25, 0.3) is 5.91 Å². The monoisotopic (exact) mass is 364 g/mol. The number of hydrogen-bond acceptors (Lipinski definition) is 5. The van der Waals surface area contributed by atoms with E-state index < -0.39 is 15.9 Å². The number of hydrogen-bond donors (Lipinski definition) is 3. The number of para-hydroxylation sites is 1. The molecule has 2 rings (SSSR count). The lowest BCUT2D eigenvalue weighted by atomic mass is 10.2. The van der Waals surface area contributed by atoms with Gasteiger partial charge in [-0.05, 0) is 43.3 Å². The highest BCUT2D eigenvalue weighted by Crippen LogP contribution is 2.16. The minimum atomic E-state index is -3.67. The van der Waals surface area contributed by atoms with Crippen LogP contribution in [0.5, 0.6) is 11.5 Å². The molecule has 0 atom stereocenters. The fraction of sp³-hybridized carbons (Fsp3) is 0.235. The van der Waals surface area contributed by atoms with Gasteiger partial charge in [0.1, 0.15) is 11.5 Å². The molecule has 0 unspecified atom stereocenters. The number of benzene rings is 2. The maximum atomic E-state index is 12.2. The Hall–Kier alpha value is -2.58. The Balaban J connectivity index is 1.86. The van der Waals surface area contributed by atoms with Crippen molar-refractivity contribution in [2.75, 3.05) is 19.7 Å². The van der Waals surface area contributed by atoms with Crippen LogP contribution in [0.4, 0.5) is 0 Å². The van der Waals surface area contributed by atoms with Gasteiger partial charge in [-0.3, -0.25) is 4.79 Å². The zero-order valence-electron chi connectivity index (χ0n) is 13.7. The molecular formula is C17H20N2O5S. The summed E-state index contributed by atoms with van der Waals surface area (Å²) >= 11 is 0. The van der Waals surface area contributed by atoms with Crippen LogP contribution in [0, 0.1) is 0 Å². The number of carbonyl (C=O) groups excluding carboxylic acids is 1. The molecule has 0 spiro atoms. The molecule has 0 aliphatic carbocycles. The highest BCUT2D eigenvalue weighted by atomic mass is 32.2. The second kappa shape index (κ2) is 8.50. The number of phenols is 1. The largest absolute Gasteiger partial charge is 0.507 e. The van der Waals surface area contributed by atoms with Crippen molar-refractivity contribution in [1.29, 1.82) is 0 Å². The predicted octanol–water partition coefficient (Wildman–Crippen LogP) is 1.50. The molecule has 0 saturated heterocycles. The summed E-state index contributed by atoms with van der Waals surface area (Å²) in [4.78, 5) is 12.0. The number of aromatic hydroxyl groups is 1. The third kappa shape index (κ3) is 5.20. The molecule has 0 aromatic heterocycles. The molecule has 0 fully saturated rings. The number of ether oxygens (including phenoxy) is 1. The predicted molar refractivity (Wildman–Crippen MR) is 93.2 cm³/mol. The summed E-state index contributed by atoms with van der Waals surface area (Å²) in [5.41, 5.74) is 0.136. The first kappa shape index (κ1) is 18.8. The van der Waals surface area contributed by atoms with Crippen LogP contribution in [0.25, 0.3) is 0 Å². The van der Waals surface area contributed by atoms with E-state index in [4.69, 9.17) is 4.74 Å². The molecule has 134 valence electrons. The van der Waals surface area contributed by atoms with Gasteiger partial charge < -0.3 is 15.2 Å². The minimum Gasteiger partial charge on any atom is -0.507 e. The van der Waals surface area contributed by atoms with Gasteiger partial charge in [-0.2, -0.15) is 0 Å². The van der Waals surface area contributed by atoms with Gasteiger partial charge in [-0.15, -0.1) is 0 Å². The lowest BCUT2D eigenvalue weighted by molar-refractivity contribution is 0.0951. The Labute approximate surface area is 146 Å². The van der Waals surface area contributed by atoms with Crippen LogP contribution in [-0.2, 0) is 10.0 Å². The van der Waals surface area contributed by atoms with Crippen LogP contribution in [0.3, 0.4) is 0 Å². The Morgan fingerprint density at radius 1 is 1.08 bits per heavy atom. The zero-order valence-corrected chi connectivity index (χ0v) is 14.5. The van der Waals surface area contributed by atoms with Gasteiger partial charge in [0.2, 0.25) is 10.0 Å².